The maximum Gasteiger partial charge on any atom is 0.216 e. The predicted octanol–water partition coefficient (Wildman–Crippen LogP) is 6.37. The molecule has 3 nitrogen and oxygen atoms in total. The summed E-state index contributed by atoms with van der Waals surface area (Å²) >= 11 is 0. The molecule has 0 unspecified atom stereocenters. The van der Waals surface area contributed by atoms with Gasteiger partial charge >= 0.3 is 0 Å². The molecule has 27 heavy (non-hydrogen) atoms. The van der Waals surface area contributed by atoms with Crippen molar-refractivity contribution in [2.45, 2.75) is 33.6 Å². The first-order chi connectivity index (χ1) is 14.5. The molecule has 0 atom stereocenters. The van der Waals surface area contributed by atoms with Crippen LogP contribution in [0.1, 0.15) is 41.9 Å². The minimum absolute atomic E-state index is 0.0538. The summed E-state index contributed by atoms with van der Waals surface area (Å²) in [7, 11) is 1.66. The summed E-state index contributed by atoms with van der Waals surface area (Å²) in [6, 6.07) is 7.43. The molecule has 3 heteroatoms. The van der Waals surface area contributed by atoms with Gasteiger partial charge in [0, 0.05) is 24.2 Å². The van der Waals surface area contributed by atoms with Gasteiger partial charge in [-0.2, -0.15) is 0 Å². The summed E-state index contributed by atoms with van der Waals surface area (Å²) in [4.78, 5) is 3.53. The fourth-order valence-electron chi connectivity index (χ4n) is 3.52. The van der Waals surface area contributed by atoms with Gasteiger partial charge in [-0.1, -0.05) is 32.0 Å². The van der Waals surface area contributed by atoms with Crippen molar-refractivity contribution >= 4 is 27.6 Å². The van der Waals surface area contributed by atoms with Crippen molar-refractivity contribution in [2.75, 3.05) is 0 Å². The standard InChI is InChI=1S/C24H23N2O/c1-14(2)17-9-10-26(6)20(12-17)23-15(3)7-8-19-22-16(4)11-18(25-5)13-21(22)27-24(19)23/h7-14H,1-4,6H3/q+1/i9D,10D,12D,14D. The Kier molecular flexibility index (Phi) is 3.03. The molecule has 2 aromatic heterocycles. The van der Waals surface area contributed by atoms with Crippen LogP contribution in [0, 0.1) is 20.4 Å². The van der Waals surface area contributed by atoms with Crippen molar-refractivity contribution in [1.82, 2.24) is 0 Å². The summed E-state index contributed by atoms with van der Waals surface area (Å²) in [6.07, 6.45) is -0.0553. The van der Waals surface area contributed by atoms with Gasteiger partial charge in [-0.3, -0.25) is 0 Å². The fourth-order valence-corrected chi connectivity index (χ4v) is 3.52. The molecule has 0 amide bonds. The van der Waals surface area contributed by atoms with E-state index < -0.39 is 5.89 Å². The summed E-state index contributed by atoms with van der Waals surface area (Å²) in [5.41, 5.74) is 4.81. The highest BCUT2D eigenvalue weighted by atomic mass is 16.3. The second-order valence-electron chi connectivity index (χ2n) is 7.13. The lowest BCUT2D eigenvalue weighted by Gasteiger charge is -2.09. The molecular formula is C24H23N2O+. The second-order valence-corrected chi connectivity index (χ2v) is 7.13. The highest BCUT2D eigenvalue weighted by Gasteiger charge is 2.22. The Bertz CT molecular complexity index is 1440. The third-order valence-electron chi connectivity index (χ3n) is 4.92. The first-order valence-electron chi connectivity index (χ1n) is 10.8. The molecule has 0 saturated heterocycles. The summed E-state index contributed by atoms with van der Waals surface area (Å²) < 4.78 is 42.0. The van der Waals surface area contributed by atoms with Crippen molar-refractivity contribution in [3.05, 3.63) is 70.6 Å². The number of pyridine rings is 1. The highest BCUT2D eigenvalue weighted by Crippen LogP contribution is 2.40. The Morgan fingerprint density at radius 3 is 2.70 bits per heavy atom. The van der Waals surface area contributed by atoms with E-state index in [2.05, 4.69) is 4.85 Å². The molecular weight excluding hydrogens is 332 g/mol. The Morgan fingerprint density at radius 1 is 1.22 bits per heavy atom. The van der Waals surface area contributed by atoms with Crippen LogP contribution in [0.2, 0.25) is 0 Å². The van der Waals surface area contributed by atoms with Gasteiger partial charge in [0.2, 0.25) is 5.69 Å². The van der Waals surface area contributed by atoms with Gasteiger partial charge in [0.25, 0.3) is 0 Å². The van der Waals surface area contributed by atoms with Crippen LogP contribution in [0.25, 0.3) is 38.0 Å². The molecule has 0 N–H and O–H groups in total. The van der Waals surface area contributed by atoms with Crippen LogP contribution < -0.4 is 4.57 Å². The van der Waals surface area contributed by atoms with Crippen molar-refractivity contribution in [2.24, 2.45) is 7.05 Å². The van der Waals surface area contributed by atoms with E-state index in [1.165, 1.54) is 4.57 Å². The molecule has 0 aliphatic carbocycles. The average Bonchev–Trinajstić information content (AvgIpc) is 3.05. The minimum Gasteiger partial charge on any atom is -0.456 e. The zero-order chi connectivity index (χ0) is 22.8. The molecule has 0 aliphatic rings. The van der Waals surface area contributed by atoms with Gasteiger partial charge in [0.1, 0.15) is 19.6 Å². The molecule has 0 aliphatic heterocycles. The van der Waals surface area contributed by atoms with Gasteiger partial charge in [0.15, 0.2) is 11.9 Å². The van der Waals surface area contributed by atoms with E-state index in [0.717, 1.165) is 21.9 Å². The Balaban J connectivity index is 2.21. The molecule has 2 aromatic carbocycles. The largest absolute Gasteiger partial charge is 0.456 e. The van der Waals surface area contributed by atoms with Crippen LogP contribution >= 0.6 is 0 Å². The number of nitrogens with zero attached hydrogens (tertiary/aromatic N) is 2. The number of aryl methyl sites for hydroxylation is 2. The minimum atomic E-state index is -1.20. The number of benzene rings is 2. The number of fused-ring (bicyclic) bond motifs is 3. The van der Waals surface area contributed by atoms with Crippen LogP contribution in [0.4, 0.5) is 5.69 Å². The molecule has 0 spiro atoms. The fraction of sp³-hybridized carbons (Fsp3) is 0.250. The maximum absolute atomic E-state index is 8.91. The lowest BCUT2D eigenvalue weighted by Crippen LogP contribution is -2.31. The van der Waals surface area contributed by atoms with Crippen LogP contribution in [0.5, 0.6) is 0 Å². The normalized spacial score (nSPS) is 13.9. The molecule has 0 saturated carbocycles. The quantitative estimate of drug-likeness (QED) is 0.301. The summed E-state index contributed by atoms with van der Waals surface area (Å²) in [5, 5.41) is 1.79. The Labute approximate surface area is 165 Å². The molecule has 4 aromatic rings. The molecule has 0 bridgehead atoms. The number of hydrogen-bond acceptors (Lipinski definition) is 1. The first-order valence-corrected chi connectivity index (χ1v) is 8.82. The topological polar surface area (TPSA) is 21.4 Å². The van der Waals surface area contributed by atoms with Crippen LogP contribution in [0.15, 0.2) is 46.9 Å². The molecule has 0 fully saturated rings. The molecule has 4 rings (SSSR count). The Morgan fingerprint density at radius 2 is 2.00 bits per heavy atom. The van der Waals surface area contributed by atoms with E-state index in [9.17, 15) is 0 Å². The summed E-state index contributed by atoms with van der Waals surface area (Å²) in [6.45, 7) is 14.5. The van der Waals surface area contributed by atoms with E-state index in [0.29, 0.717) is 28.1 Å². The second kappa shape index (κ2) is 6.25. The van der Waals surface area contributed by atoms with Crippen molar-refractivity contribution in [1.29, 1.82) is 0 Å². The van der Waals surface area contributed by atoms with E-state index in [1.807, 2.05) is 32.0 Å². The number of rotatable bonds is 2. The third-order valence-corrected chi connectivity index (χ3v) is 4.92. The van der Waals surface area contributed by atoms with Crippen LogP contribution in [-0.4, -0.2) is 0 Å². The van der Waals surface area contributed by atoms with Crippen molar-refractivity contribution < 1.29 is 14.5 Å². The third kappa shape index (κ3) is 2.69. The zero-order valence-corrected chi connectivity index (χ0v) is 16.1. The number of furan rings is 1. The maximum atomic E-state index is 8.91. The first kappa shape index (κ1) is 13.1. The highest BCUT2D eigenvalue weighted by molar-refractivity contribution is 6.11. The van der Waals surface area contributed by atoms with Crippen molar-refractivity contribution in [3.63, 3.8) is 0 Å². The Hall–Kier alpha value is -3.12. The SMILES string of the molecule is [2H]c1c(C([2H])(C)C)c([2H])c(-c2c(C)ccc3c2oc2cc([N+]#[C-])cc(C)c23)[n+](C)c1[2H]. The van der Waals surface area contributed by atoms with E-state index in [1.54, 1.807) is 27.0 Å². The average molecular weight is 359 g/mol. The monoisotopic (exact) mass is 359 g/mol. The lowest BCUT2D eigenvalue weighted by molar-refractivity contribution is -0.660. The van der Waals surface area contributed by atoms with Gasteiger partial charge < -0.3 is 4.42 Å². The van der Waals surface area contributed by atoms with Gasteiger partial charge in [-0.05, 0) is 42.5 Å². The predicted molar refractivity (Wildman–Crippen MR) is 110 cm³/mol. The number of aromatic nitrogens is 1. The lowest BCUT2D eigenvalue weighted by atomic mass is 9.96. The van der Waals surface area contributed by atoms with E-state index in [4.69, 9.17) is 16.5 Å². The number of hydrogen-bond donors (Lipinski definition) is 0. The van der Waals surface area contributed by atoms with Gasteiger partial charge in [-0.15, -0.1) is 0 Å². The smallest absolute Gasteiger partial charge is 0.216 e. The molecule has 134 valence electrons. The van der Waals surface area contributed by atoms with Gasteiger partial charge in [0.05, 0.1) is 14.9 Å². The van der Waals surface area contributed by atoms with Crippen LogP contribution in [-0.2, 0) is 7.05 Å². The van der Waals surface area contributed by atoms with E-state index in [-0.39, 0.29) is 23.8 Å². The molecule has 0 radical (unpaired) electrons. The van der Waals surface area contributed by atoms with Crippen molar-refractivity contribution in [3.8, 4) is 11.3 Å². The van der Waals surface area contributed by atoms with E-state index >= 15 is 0 Å². The zero-order valence-electron chi connectivity index (χ0n) is 20.1. The summed E-state index contributed by atoms with van der Waals surface area (Å²) in [5.74, 6) is -1.20. The van der Waals surface area contributed by atoms with Gasteiger partial charge in [-0.25, -0.2) is 9.41 Å². The molecule has 2 heterocycles. The van der Waals surface area contributed by atoms with Crippen LogP contribution in [0.3, 0.4) is 0 Å².